The largest absolute Gasteiger partial charge is 0.476 e. The Kier molecular flexibility index (Phi) is 5.78. The second-order valence-electron chi connectivity index (χ2n) is 6.82. The maximum Gasteiger partial charge on any atom is 0.267 e. The predicted octanol–water partition coefficient (Wildman–Crippen LogP) is 4.19. The summed E-state index contributed by atoms with van der Waals surface area (Å²) in [6, 6.07) is 23.0. The van der Waals surface area contributed by atoms with Gasteiger partial charge in [-0.2, -0.15) is 0 Å². The molecule has 1 amide bonds. The number of amides is 1. The van der Waals surface area contributed by atoms with Crippen molar-refractivity contribution in [1.29, 1.82) is 0 Å². The summed E-state index contributed by atoms with van der Waals surface area (Å²) in [5.74, 6) is -0.232. The molecule has 0 aromatic heterocycles. The van der Waals surface area contributed by atoms with Crippen LogP contribution in [0, 0.1) is 0 Å². The molecule has 8 heteroatoms. The van der Waals surface area contributed by atoms with Crippen LogP contribution in [0.1, 0.15) is 5.56 Å². The molecule has 0 spiro atoms. The lowest BCUT2D eigenvalue weighted by molar-refractivity contribution is -0.122. The van der Waals surface area contributed by atoms with Gasteiger partial charge in [-0.25, -0.2) is 8.42 Å². The number of hydrogen-bond acceptors (Lipinski definition) is 4. The van der Waals surface area contributed by atoms with Crippen LogP contribution in [0.2, 0.25) is 0 Å². The third-order valence-corrected chi connectivity index (χ3v) is 7.09. The fourth-order valence-corrected chi connectivity index (χ4v) is 5.21. The summed E-state index contributed by atoms with van der Waals surface area (Å²) in [5, 5.41) is 2.80. The van der Waals surface area contributed by atoms with Gasteiger partial charge >= 0.3 is 0 Å². The zero-order chi connectivity index (χ0) is 21.1. The van der Waals surface area contributed by atoms with Crippen LogP contribution < -0.4 is 14.4 Å². The number of carbonyl (C=O) groups is 1. The maximum atomic E-state index is 13.2. The Hall–Kier alpha value is -2.84. The van der Waals surface area contributed by atoms with Crippen molar-refractivity contribution in [1.82, 2.24) is 0 Å². The van der Waals surface area contributed by atoms with E-state index in [-0.39, 0.29) is 12.3 Å². The van der Waals surface area contributed by atoms with Gasteiger partial charge in [-0.05, 0) is 45.8 Å². The standard InChI is InChI=1S/C22H19BrN2O4S/c23-17-10-4-5-11-18(17)24-22(26)21-14-25(19-12-6-7-13-20(19)29-21)30(27,28)15-16-8-2-1-3-9-16/h1-13,21H,14-15H2,(H,24,26)/t21-/m1/s1. The van der Waals surface area contributed by atoms with Crippen LogP contribution in [-0.4, -0.2) is 27.0 Å². The number of anilines is 2. The number of hydrogen-bond donors (Lipinski definition) is 1. The van der Waals surface area contributed by atoms with Gasteiger partial charge in [0.2, 0.25) is 10.0 Å². The van der Waals surface area contributed by atoms with Gasteiger partial charge in [0.05, 0.1) is 23.7 Å². The molecule has 0 aliphatic carbocycles. The van der Waals surface area contributed by atoms with Crippen molar-refractivity contribution >= 4 is 43.2 Å². The van der Waals surface area contributed by atoms with E-state index in [1.165, 1.54) is 4.31 Å². The third kappa shape index (κ3) is 4.34. The number of carbonyl (C=O) groups excluding carboxylic acids is 1. The van der Waals surface area contributed by atoms with Crippen molar-refractivity contribution < 1.29 is 17.9 Å². The zero-order valence-electron chi connectivity index (χ0n) is 15.9. The lowest BCUT2D eigenvalue weighted by Gasteiger charge is -2.34. The Labute approximate surface area is 183 Å². The summed E-state index contributed by atoms with van der Waals surface area (Å²) in [6.07, 6.45) is -0.988. The van der Waals surface area contributed by atoms with E-state index >= 15 is 0 Å². The minimum atomic E-state index is -3.73. The van der Waals surface area contributed by atoms with Gasteiger partial charge in [-0.1, -0.05) is 54.6 Å². The topological polar surface area (TPSA) is 75.7 Å². The highest BCUT2D eigenvalue weighted by Gasteiger charge is 2.36. The first-order valence-corrected chi connectivity index (χ1v) is 11.7. The fraction of sp³-hybridized carbons (Fsp3) is 0.136. The SMILES string of the molecule is O=C(Nc1ccccc1Br)[C@H]1CN(S(=O)(=O)Cc2ccccc2)c2ccccc2O1. The van der Waals surface area contributed by atoms with Crippen LogP contribution in [0.4, 0.5) is 11.4 Å². The molecule has 3 aromatic carbocycles. The van der Waals surface area contributed by atoms with E-state index < -0.39 is 22.0 Å². The van der Waals surface area contributed by atoms with Gasteiger partial charge in [0.15, 0.2) is 6.10 Å². The molecular weight excluding hydrogens is 468 g/mol. The summed E-state index contributed by atoms with van der Waals surface area (Å²) in [7, 11) is -3.73. The van der Waals surface area contributed by atoms with E-state index in [1.807, 2.05) is 18.2 Å². The molecular formula is C22H19BrN2O4S. The summed E-state index contributed by atoms with van der Waals surface area (Å²) in [6.45, 7) is -0.109. The Balaban J connectivity index is 1.62. The average molecular weight is 487 g/mol. The number of halogens is 1. The predicted molar refractivity (Wildman–Crippen MR) is 120 cm³/mol. The van der Waals surface area contributed by atoms with Crippen LogP contribution in [0.3, 0.4) is 0 Å². The first kappa shape index (κ1) is 20.4. The lowest BCUT2D eigenvalue weighted by atomic mass is 10.2. The Morgan fingerprint density at radius 2 is 1.67 bits per heavy atom. The first-order chi connectivity index (χ1) is 14.4. The van der Waals surface area contributed by atoms with Crippen LogP contribution in [0.5, 0.6) is 5.75 Å². The van der Waals surface area contributed by atoms with Crippen molar-refractivity contribution in [3.63, 3.8) is 0 Å². The van der Waals surface area contributed by atoms with Crippen LogP contribution >= 0.6 is 15.9 Å². The Bertz CT molecular complexity index is 1170. The molecule has 0 radical (unpaired) electrons. The highest BCUT2D eigenvalue weighted by molar-refractivity contribution is 9.10. The second-order valence-corrected chi connectivity index (χ2v) is 9.56. The van der Waals surface area contributed by atoms with Crippen LogP contribution in [0.25, 0.3) is 0 Å². The minimum absolute atomic E-state index is 0.109. The molecule has 154 valence electrons. The van der Waals surface area contributed by atoms with Gasteiger partial charge < -0.3 is 10.1 Å². The first-order valence-electron chi connectivity index (χ1n) is 9.29. The smallest absolute Gasteiger partial charge is 0.267 e. The van der Waals surface area contributed by atoms with E-state index in [0.29, 0.717) is 22.7 Å². The quantitative estimate of drug-likeness (QED) is 0.586. The molecule has 6 nitrogen and oxygen atoms in total. The second kappa shape index (κ2) is 8.49. The molecule has 30 heavy (non-hydrogen) atoms. The number of fused-ring (bicyclic) bond motifs is 1. The highest BCUT2D eigenvalue weighted by Crippen LogP contribution is 2.36. The number of sulfonamides is 1. The maximum absolute atomic E-state index is 13.2. The lowest BCUT2D eigenvalue weighted by Crippen LogP contribution is -2.49. The molecule has 0 fully saturated rings. The molecule has 4 rings (SSSR count). The van der Waals surface area contributed by atoms with Crippen LogP contribution in [0.15, 0.2) is 83.3 Å². The van der Waals surface area contributed by atoms with E-state index in [9.17, 15) is 13.2 Å². The number of benzene rings is 3. The van der Waals surface area contributed by atoms with Gasteiger partial charge in [0.25, 0.3) is 5.91 Å². The summed E-state index contributed by atoms with van der Waals surface area (Å²) in [4.78, 5) is 12.9. The van der Waals surface area contributed by atoms with Gasteiger partial charge in [0, 0.05) is 4.47 Å². The van der Waals surface area contributed by atoms with E-state index in [2.05, 4.69) is 21.2 Å². The van der Waals surface area contributed by atoms with Crippen molar-refractivity contribution in [3.05, 3.63) is 88.9 Å². The van der Waals surface area contributed by atoms with Gasteiger partial charge in [0.1, 0.15) is 5.75 Å². The fourth-order valence-electron chi connectivity index (χ4n) is 3.24. The van der Waals surface area contributed by atoms with Crippen molar-refractivity contribution in [3.8, 4) is 5.75 Å². The molecule has 0 saturated heterocycles. The summed E-state index contributed by atoms with van der Waals surface area (Å²) < 4.78 is 34.3. The normalized spacial score (nSPS) is 15.8. The Morgan fingerprint density at radius 3 is 2.43 bits per heavy atom. The molecule has 0 bridgehead atoms. The molecule has 1 N–H and O–H groups in total. The van der Waals surface area contributed by atoms with E-state index in [4.69, 9.17) is 4.74 Å². The molecule has 1 aliphatic rings. The zero-order valence-corrected chi connectivity index (χ0v) is 18.3. The molecule has 1 atom stereocenters. The molecule has 1 heterocycles. The van der Waals surface area contributed by atoms with Crippen LogP contribution in [-0.2, 0) is 20.6 Å². The molecule has 1 aliphatic heterocycles. The number of ether oxygens (including phenoxy) is 1. The van der Waals surface area contributed by atoms with Crippen molar-refractivity contribution in [2.45, 2.75) is 11.9 Å². The van der Waals surface area contributed by atoms with Gasteiger partial charge in [-0.3, -0.25) is 9.10 Å². The molecule has 0 saturated carbocycles. The van der Waals surface area contributed by atoms with E-state index in [0.717, 1.165) is 4.47 Å². The minimum Gasteiger partial charge on any atom is -0.476 e. The summed E-state index contributed by atoms with van der Waals surface area (Å²) >= 11 is 3.39. The Morgan fingerprint density at radius 1 is 1.00 bits per heavy atom. The monoisotopic (exact) mass is 486 g/mol. The highest BCUT2D eigenvalue weighted by atomic mass is 79.9. The van der Waals surface area contributed by atoms with E-state index in [1.54, 1.807) is 60.7 Å². The van der Waals surface area contributed by atoms with Crippen molar-refractivity contribution in [2.75, 3.05) is 16.2 Å². The third-order valence-electron chi connectivity index (χ3n) is 4.69. The molecule has 0 unspecified atom stereocenters. The van der Waals surface area contributed by atoms with Gasteiger partial charge in [-0.15, -0.1) is 0 Å². The number of rotatable bonds is 5. The number of nitrogens with one attached hydrogen (secondary N) is 1. The summed E-state index contributed by atoms with van der Waals surface area (Å²) in [5.41, 5.74) is 1.69. The average Bonchev–Trinajstić information content (AvgIpc) is 2.75. The van der Waals surface area contributed by atoms with Crippen molar-refractivity contribution in [2.24, 2.45) is 0 Å². The number of nitrogens with zero attached hydrogens (tertiary/aromatic N) is 1. The molecule has 3 aromatic rings. The number of para-hydroxylation sites is 3.